The summed E-state index contributed by atoms with van der Waals surface area (Å²) in [5.41, 5.74) is 2.96. The molecule has 0 aliphatic carbocycles. The van der Waals surface area contributed by atoms with Crippen LogP contribution >= 0.6 is 11.6 Å². The minimum absolute atomic E-state index is 0.0652. The number of piperazine rings is 1. The summed E-state index contributed by atoms with van der Waals surface area (Å²) in [6.07, 6.45) is 0. The first kappa shape index (κ1) is 18.4. The molecule has 1 aliphatic rings. The maximum atomic E-state index is 12.3. The molecule has 0 radical (unpaired) electrons. The Morgan fingerprint density at radius 3 is 2.50 bits per heavy atom. The van der Waals surface area contributed by atoms with Gasteiger partial charge in [0.2, 0.25) is 0 Å². The summed E-state index contributed by atoms with van der Waals surface area (Å²) >= 11 is 6.09. The zero-order chi connectivity index (χ0) is 18.4. The molecule has 3 rings (SSSR count). The lowest BCUT2D eigenvalue weighted by molar-refractivity contribution is 0.0947. The Kier molecular flexibility index (Phi) is 6.24. The van der Waals surface area contributed by atoms with Gasteiger partial charge in [0.25, 0.3) is 5.91 Å². The number of nitrogens with zero attached hydrogens (tertiary/aromatic N) is 2. The number of hydrogen-bond donors (Lipinski definition) is 2. The van der Waals surface area contributed by atoms with Crippen molar-refractivity contribution in [1.82, 2.24) is 15.5 Å². The quantitative estimate of drug-likeness (QED) is 0.851. The maximum absolute atomic E-state index is 12.3. The van der Waals surface area contributed by atoms with Gasteiger partial charge >= 0.3 is 0 Å². The fourth-order valence-corrected chi connectivity index (χ4v) is 3.19. The molecule has 1 fully saturated rings. The van der Waals surface area contributed by atoms with Crippen LogP contribution in [0, 0.1) is 11.3 Å². The molecular weight excluding hydrogens is 348 g/mol. The zero-order valence-electron chi connectivity index (χ0n) is 14.5. The third-order valence-electron chi connectivity index (χ3n) is 4.49. The molecule has 1 amide bonds. The van der Waals surface area contributed by atoms with Crippen molar-refractivity contribution in [3.63, 3.8) is 0 Å². The first-order chi connectivity index (χ1) is 12.7. The largest absolute Gasteiger partial charge is 0.351 e. The molecule has 2 aromatic rings. The number of benzene rings is 2. The van der Waals surface area contributed by atoms with Crippen LogP contribution < -0.4 is 10.6 Å². The van der Waals surface area contributed by atoms with Gasteiger partial charge in [-0.25, -0.2) is 0 Å². The van der Waals surface area contributed by atoms with Crippen LogP contribution in [0.4, 0.5) is 0 Å². The molecule has 134 valence electrons. The summed E-state index contributed by atoms with van der Waals surface area (Å²) in [6.45, 7) is 5.58. The Hall–Kier alpha value is -2.39. The van der Waals surface area contributed by atoms with Crippen LogP contribution in [0.25, 0.3) is 11.1 Å². The second-order valence-electron chi connectivity index (χ2n) is 6.23. The van der Waals surface area contributed by atoms with Crippen LogP contribution in [0.3, 0.4) is 0 Å². The topological polar surface area (TPSA) is 68.2 Å². The van der Waals surface area contributed by atoms with Gasteiger partial charge in [0, 0.05) is 44.8 Å². The van der Waals surface area contributed by atoms with Gasteiger partial charge in [-0.15, -0.1) is 0 Å². The van der Waals surface area contributed by atoms with E-state index in [1.165, 1.54) is 0 Å². The van der Waals surface area contributed by atoms with Crippen LogP contribution in [0.2, 0.25) is 5.02 Å². The maximum Gasteiger partial charge on any atom is 0.251 e. The van der Waals surface area contributed by atoms with Crippen LogP contribution in [-0.2, 0) is 0 Å². The van der Waals surface area contributed by atoms with Crippen molar-refractivity contribution in [2.24, 2.45) is 0 Å². The molecule has 0 saturated carbocycles. The molecule has 1 heterocycles. The van der Waals surface area contributed by atoms with E-state index in [9.17, 15) is 4.79 Å². The molecule has 0 unspecified atom stereocenters. The third kappa shape index (κ3) is 4.61. The molecule has 0 aromatic heterocycles. The lowest BCUT2D eigenvalue weighted by atomic mass is 10.0. The van der Waals surface area contributed by atoms with Crippen LogP contribution in [0.5, 0.6) is 0 Å². The van der Waals surface area contributed by atoms with E-state index in [1.807, 2.05) is 36.4 Å². The van der Waals surface area contributed by atoms with Gasteiger partial charge in [-0.2, -0.15) is 5.26 Å². The fourth-order valence-electron chi connectivity index (χ4n) is 2.96. The normalized spacial score (nSPS) is 14.6. The van der Waals surface area contributed by atoms with Gasteiger partial charge in [-0.3, -0.25) is 9.69 Å². The van der Waals surface area contributed by atoms with Gasteiger partial charge in [0.15, 0.2) is 0 Å². The third-order valence-corrected chi connectivity index (χ3v) is 4.81. The molecule has 0 spiro atoms. The standard InChI is InChI=1S/C20H21ClN4O/c21-19-13-17(5-6-18(19)14-22)15-1-3-16(4-2-15)20(26)24-9-12-25-10-7-23-8-11-25/h1-6,13,23H,7-12H2,(H,24,26). The van der Waals surface area contributed by atoms with E-state index in [0.29, 0.717) is 22.7 Å². The smallest absolute Gasteiger partial charge is 0.251 e. The molecule has 26 heavy (non-hydrogen) atoms. The number of halogens is 1. The minimum Gasteiger partial charge on any atom is -0.351 e. The SMILES string of the molecule is N#Cc1ccc(-c2ccc(C(=O)NCCN3CCNCC3)cc2)cc1Cl. The van der Waals surface area contributed by atoms with E-state index in [-0.39, 0.29) is 5.91 Å². The first-order valence-electron chi connectivity index (χ1n) is 8.69. The Bertz CT molecular complexity index is 808. The molecule has 1 aliphatic heterocycles. The molecule has 0 atom stereocenters. The van der Waals surface area contributed by atoms with Crippen molar-refractivity contribution in [2.45, 2.75) is 0 Å². The van der Waals surface area contributed by atoms with Crippen molar-refractivity contribution in [3.05, 3.63) is 58.6 Å². The fraction of sp³-hybridized carbons (Fsp3) is 0.300. The highest BCUT2D eigenvalue weighted by atomic mass is 35.5. The Morgan fingerprint density at radius 1 is 1.15 bits per heavy atom. The number of carbonyl (C=O) groups is 1. The predicted octanol–water partition coefficient (Wildman–Crippen LogP) is 2.51. The number of amides is 1. The highest BCUT2D eigenvalue weighted by Crippen LogP contribution is 2.25. The van der Waals surface area contributed by atoms with Gasteiger partial charge in [0.1, 0.15) is 6.07 Å². The average molecular weight is 369 g/mol. The summed E-state index contributed by atoms with van der Waals surface area (Å²) in [7, 11) is 0. The zero-order valence-corrected chi connectivity index (χ0v) is 15.2. The number of rotatable bonds is 5. The molecular formula is C20H21ClN4O. The van der Waals surface area contributed by atoms with Crippen molar-refractivity contribution < 1.29 is 4.79 Å². The van der Waals surface area contributed by atoms with E-state index in [2.05, 4.69) is 15.5 Å². The summed E-state index contributed by atoms with van der Waals surface area (Å²) in [5.74, 6) is -0.0652. The lowest BCUT2D eigenvalue weighted by Crippen LogP contribution is -2.46. The Balaban J connectivity index is 1.57. The highest BCUT2D eigenvalue weighted by Gasteiger charge is 2.10. The van der Waals surface area contributed by atoms with Crippen molar-refractivity contribution in [3.8, 4) is 17.2 Å². The van der Waals surface area contributed by atoms with Crippen molar-refractivity contribution in [1.29, 1.82) is 5.26 Å². The summed E-state index contributed by atoms with van der Waals surface area (Å²) < 4.78 is 0. The van der Waals surface area contributed by atoms with E-state index in [1.54, 1.807) is 12.1 Å². The average Bonchev–Trinajstić information content (AvgIpc) is 2.69. The number of nitriles is 1. The molecule has 2 N–H and O–H groups in total. The number of carbonyl (C=O) groups excluding carboxylic acids is 1. The lowest BCUT2D eigenvalue weighted by Gasteiger charge is -2.27. The van der Waals surface area contributed by atoms with E-state index in [0.717, 1.165) is 43.9 Å². The van der Waals surface area contributed by atoms with Crippen LogP contribution in [-0.4, -0.2) is 50.1 Å². The predicted molar refractivity (Wildman–Crippen MR) is 103 cm³/mol. The van der Waals surface area contributed by atoms with Crippen molar-refractivity contribution in [2.75, 3.05) is 39.3 Å². The van der Waals surface area contributed by atoms with Crippen molar-refractivity contribution >= 4 is 17.5 Å². The van der Waals surface area contributed by atoms with E-state index < -0.39 is 0 Å². The summed E-state index contributed by atoms with van der Waals surface area (Å²) in [5, 5.41) is 15.7. The summed E-state index contributed by atoms with van der Waals surface area (Å²) in [6, 6.07) is 14.8. The Labute approximate surface area is 158 Å². The van der Waals surface area contributed by atoms with Gasteiger partial charge in [0.05, 0.1) is 10.6 Å². The van der Waals surface area contributed by atoms with Crippen LogP contribution in [0.15, 0.2) is 42.5 Å². The second-order valence-corrected chi connectivity index (χ2v) is 6.64. The van der Waals surface area contributed by atoms with E-state index in [4.69, 9.17) is 16.9 Å². The van der Waals surface area contributed by atoms with Gasteiger partial charge < -0.3 is 10.6 Å². The molecule has 1 saturated heterocycles. The van der Waals surface area contributed by atoms with E-state index >= 15 is 0 Å². The monoisotopic (exact) mass is 368 g/mol. The second kappa shape index (κ2) is 8.81. The molecule has 6 heteroatoms. The Morgan fingerprint density at radius 2 is 1.85 bits per heavy atom. The molecule has 0 bridgehead atoms. The minimum atomic E-state index is -0.0652. The highest BCUT2D eigenvalue weighted by molar-refractivity contribution is 6.32. The first-order valence-corrected chi connectivity index (χ1v) is 9.06. The molecule has 5 nitrogen and oxygen atoms in total. The molecule has 2 aromatic carbocycles. The van der Waals surface area contributed by atoms with Gasteiger partial charge in [-0.05, 0) is 35.4 Å². The van der Waals surface area contributed by atoms with Gasteiger partial charge in [-0.1, -0.05) is 29.8 Å². The number of nitrogens with one attached hydrogen (secondary N) is 2. The summed E-state index contributed by atoms with van der Waals surface area (Å²) in [4.78, 5) is 14.6. The van der Waals surface area contributed by atoms with Crippen LogP contribution in [0.1, 0.15) is 15.9 Å². The number of hydrogen-bond acceptors (Lipinski definition) is 4.